The van der Waals surface area contributed by atoms with Crippen LogP contribution in [0.1, 0.15) is 32.1 Å². The molecule has 2 fully saturated rings. The number of carbonyl (C=O) groups is 3. The van der Waals surface area contributed by atoms with E-state index >= 15 is 0 Å². The first kappa shape index (κ1) is 19.3. The summed E-state index contributed by atoms with van der Waals surface area (Å²) >= 11 is 0. The van der Waals surface area contributed by atoms with Gasteiger partial charge in [-0.15, -0.1) is 0 Å². The second kappa shape index (κ2) is 7.09. The molecule has 7 nitrogen and oxygen atoms in total. The number of nitrogens with zero attached hydrogens (tertiary/aromatic N) is 1. The molecular weight excluding hydrogens is 345 g/mol. The maximum Gasteiger partial charge on any atom is 0.406 e. The Kier molecular flexibility index (Phi) is 5.48. The average molecular weight is 366 g/mol. The molecule has 0 bridgehead atoms. The molecule has 2 aliphatic rings. The molecule has 1 aliphatic heterocycles. The third-order valence-electron chi connectivity index (χ3n) is 5.08. The van der Waals surface area contributed by atoms with Crippen LogP contribution in [0.15, 0.2) is 0 Å². The molecular formula is C15H21F3N2O5. The Bertz CT molecular complexity index is 546. The summed E-state index contributed by atoms with van der Waals surface area (Å²) < 4.78 is 44.4. The number of aliphatic carboxylic acids is 1. The molecule has 1 aliphatic carbocycles. The second-order valence-electron chi connectivity index (χ2n) is 6.58. The molecule has 0 aromatic carbocycles. The summed E-state index contributed by atoms with van der Waals surface area (Å²) in [6, 6.07) is -0.948. The number of hydrogen-bond acceptors (Lipinski definition) is 4. The van der Waals surface area contributed by atoms with E-state index in [-0.39, 0.29) is 12.6 Å². The van der Waals surface area contributed by atoms with E-state index in [0.29, 0.717) is 25.7 Å². The largest absolute Gasteiger partial charge is 0.481 e. The number of esters is 1. The van der Waals surface area contributed by atoms with Crippen molar-refractivity contribution in [3.05, 3.63) is 0 Å². The van der Waals surface area contributed by atoms with Crippen molar-refractivity contribution in [3.63, 3.8) is 0 Å². The standard InChI is InChI=1S/C15H21F3N2O5/c1-25-12(23)14(15(16,17)18)6-7-20(8-14)13(24)19-10-4-2-9(3-5-10)11(21)22/h9-10H,2-8H2,1H3,(H,19,24)(H,21,22). The van der Waals surface area contributed by atoms with Gasteiger partial charge >= 0.3 is 24.1 Å². The molecule has 0 aromatic rings. The Labute approximate surface area is 142 Å². The molecule has 1 saturated carbocycles. The molecule has 0 radical (unpaired) electrons. The van der Waals surface area contributed by atoms with Gasteiger partial charge in [0, 0.05) is 19.1 Å². The highest BCUT2D eigenvalue weighted by Gasteiger charge is 2.64. The van der Waals surface area contributed by atoms with Crippen LogP contribution >= 0.6 is 0 Å². The molecule has 0 spiro atoms. The molecule has 2 amide bonds. The number of methoxy groups -OCH3 is 1. The number of hydrogen-bond donors (Lipinski definition) is 2. The zero-order valence-corrected chi connectivity index (χ0v) is 13.8. The van der Waals surface area contributed by atoms with Crippen LogP contribution in [-0.2, 0) is 14.3 Å². The van der Waals surface area contributed by atoms with Gasteiger partial charge in [-0.3, -0.25) is 9.59 Å². The summed E-state index contributed by atoms with van der Waals surface area (Å²) in [5.74, 6) is -2.72. The maximum absolute atomic E-state index is 13.4. The topological polar surface area (TPSA) is 95.9 Å². The van der Waals surface area contributed by atoms with Crippen molar-refractivity contribution in [2.45, 2.75) is 44.3 Å². The smallest absolute Gasteiger partial charge is 0.406 e. The van der Waals surface area contributed by atoms with Crippen LogP contribution in [0.25, 0.3) is 0 Å². The molecule has 1 saturated heterocycles. The lowest BCUT2D eigenvalue weighted by atomic mass is 9.86. The van der Waals surface area contributed by atoms with Gasteiger partial charge in [-0.2, -0.15) is 13.2 Å². The molecule has 0 aromatic heterocycles. The number of carboxylic acids is 1. The average Bonchev–Trinajstić information content (AvgIpc) is 3.01. The van der Waals surface area contributed by atoms with E-state index in [2.05, 4.69) is 10.1 Å². The van der Waals surface area contributed by atoms with Crippen LogP contribution in [-0.4, -0.2) is 60.4 Å². The van der Waals surface area contributed by atoms with Crippen molar-refractivity contribution in [3.8, 4) is 0 Å². The highest BCUT2D eigenvalue weighted by Crippen LogP contribution is 2.46. The van der Waals surface area contributed by atoms with Gasteiger partial charge in [0.15, 0.2) is 5.41 Å². The van der Waals surface area contributed by atoms with E-state index in [9.17, 15) is 27.6 Å². The fourth-order valence-electron chi connectivity index (χ4n) is 3.44. The predicted molar refractivity (Wildman–Crippen MR) is 78.6 cm³/mol. The third-order valence-corrected chi connectivity index (χ3v) is 5.08. The maximum atomic E-state index is 13.4. The van der Waals surface area contributed by atoms with Crippen LogP contribution in [0, 0.1) is 11.3 Å². The van der Waals surface area contributed by atoms with E-state index in [4.69, 9.17) is 5.11 Å². The molecule has 1 heterocycles. The van der Waals surface area contributed by atoms with Gasteiger partial charge in [-0.05, 0) is 32.1 Å². The van der Waals surface area contributed by atoms with Gasteiger partial charge in [0.1, 0.15) is 0 Å². The number of amides is 2. The Morgan fingerprint density at radius 2 is 1.80 bits per heavy atom. The number of alkyl halides is 3. The van der Waals surface area contributed by atoms with Crippen molar-refractivity contribution < 1.29 is 37.4 Å². The number of carbonyl (C=O) groups excluding carboxylic acids is 2. The highest BCUT2D eigenvalue weighted by atomic mass is 19.4. The van der Waals surface area contributed by atoms with Crippen LogP contribution < -0.4 is 5.32 Å². The lowest BCUT2D eigenvalue weighted by Crippen LogP contribution is -2.50. The number of nitrogens with one attached hydrogen (secondary N) is 1. The first-order valence-corrected chi connectivity index (χ1v) is 8.04. The number of carboxylic acid groups (broad SMARTS) is 1. The van der Waals surface area contributed by atoms with Crippen LogP contribution in [0.2, 0.25) is 0 Å². The Morgan fingerprint density at radius 3 is 2.28 bits per heavy atom. The van der Waals surface area contributed by atoms with Gasteiger partial charge < -0.3 is 20.1 Å². The molecule has 10 heteroatoms. The minimum Gasteiger partial charge on any atom is -0.481 e. The van der Waals surface area contributed by atoms with Gasteiger partial charge in [-0.1, -0.05) is 0 Å². The lowest BCUT2D eigenvalue weighted by molar-refractivity contribution is -0.228. The quantitative estimate of drug-likeness (QED) is 0.742. The monoisotopic (exact) mass is 366 g/mol. The highest BCUT2D eigenvalue weighted by molar-refractivity contribution is 5.81. The second-order valence-corrected chi connectivity index (χ2v) is 6.58. The Morgan fingerprint density at radius 1 is 1.20 bits per heavy atom. The number of rotatable bonds is 3. The molecule has 2 rings (SSSR count). The number of urea groups is 1. The zero-order valence-electron chi connectivity index (χ0n) is 13.8. The van der Waals surface area contributed by atoms with Crippen molar-refractivity contribution in [1.29, 1.82) is 0 Å². The normalized spacial score (nSPS) is 30.0. The van der Waals surface area contributed by atoms with Crippen LogP contribution in [0.3, 0.4) is 0 Å². The van der Waals surface area contributed by atoms with Crippen LogP contribution in [0.4, 0.5) is 18.0 Å². The Balaban J connectivity index is 1.96. The summed E-state index contributed by atoms with van der Waals surface area (Å²) in [7, 11) is 0.888. The summed E-state index contributed by atoms with van der Waals surface area (Å²) in [6.07, 6.45) is -3.61. The summed E-state index contributed by atoms with van der Waals surface area (Å²) in [6.45, 7) is -0.982. The summed E-state index contributed by atoms with van der Waals surface area (Å²) in [5, 5.41) is 11.6. The van der Waals surface area contributed by atoms with Crippen molar-refractivity contribution in [1.82, 2.24) is 10.2 Å². The third kappa shape index (κ3) is 3.82. The molecule has 2 N–H and O–H groups in total. The lowest BCUT2D eigenvalue weighted by Gasteiger charge is -2.30. The molecule has 142 valence electrons. The van der Waals surface area contributed by atoms with E-state index in [1.54, 1.807) is 0 Å². The van der Waals surface area contributed by atoms with E-state index in [0.717, 1.165) is 12.0 Å². The van der Waals surface area contributed by atoms with Crippen molar-refractivity contribution in [2.24, 2.45) is 11.3 Å². The van der Waals surface area contributed by atoms with Crippen molar-refractivity contribution >= 4 is 18.0 Å². The van der Waals surface area contributed by atoms with E-state index in [1.165, 1.54) is 0 Å². The molecule has 25 heavy (non-hydrogen) atoms. The summed E-state index contributed by atoms with van der Waals surface area (Å²) in [5.41, 5.74) is -2.69. The SMILES string of the molecule is COC(=O)C1(C(F)(F)F)CCN(C(=O)NC2CCC(C(=O)O)CC2)C1. The van der Waals surface area contributed by atoms with Crippen LogP contribution in [0.5, 0.6) is 0 Å². The zero-order chi connectivity index (χ0) is 18.8. The number of likely N-dealkylation sites (tertiary alicyclic amines) is 1. The number of ether oxygens (including phenoxy) is 1. The first-order chi connectivity index (χ1) is 11.6. The Hall–Kier alpha value is -2.00. The number of halogens is 3. The van der Waals surface area contributed by atoms with Gasteiger partial charge in [-0.25, -0.2) is 4.79 Å². The first-order valence-electron chi connectivity index (χ1n) is 8.04. The van der Waals surface area contributed by atoms with E-state index in [1.807, 2.05) is 0 Å². The van der Waals surface area contributed by atoms with E-state index < -0.39 is 48.4 Å². The van der Waals surface area contributed by atoms with Crippen molar-refractivity contribution in [2.75, 3.05) is 20.2 Å². The minimum atomic E-state index is -4.81. The minimum absolute atomic E-state index is 0.203. The summed E-state index contributed by atoms with van der Waals surface area (Å²) in [4.78, 5) is 35.8. The molecule has 1 unspecified atom stereocenters. The fraction of sp³-hybridized carbons (Fsp3) is 0.800. The predicted octanol–water partition coefficient (Wildman–Crippen LogP) is 1.77. The van der Waals surface area contributed by atoms with Gasteiger partial charge in [0.05, 0.1) is 13.0 Å². The fourth-order valence-corrected chi connectivity index (χ4v) is 3.44. The van der Waals surface area contributed by atoms with Gasteiger partial charge in [0.25, 0.3) is 0 Å². The van der Waals surface area contributed by atoms with Gasteiger partial charge in [0.2, 0.25) is 0 Å². The molecule has 1 atom stereocenters.